The van der Waals surface area contributed by atoms with E-state index in [4.69, 9.17) is 27.9 Å². The fourth-order valence-corrected chi connectivity index (χ4v) is 7.69. The third-order valence-corrected chi connectivity index (χ3v) is 9.68. The summed E-state index contributed by atoms with van der Waals surface area (Å²) >= 11 is 16.0. The summed E-state index contributed by atoms with van der Waals surface area (Å²) in [5.41, 5.74) is 2.73. The van der Waals surface area contributed by atoms with E-state index in [0.29, 0.717) is 27.1 Å². The van der Waals surface area contributed by atoms with E-state index in [1.54, 1.807) is 17.5 Å². The zero-order chi connectivity index (χ0) is 25.4. The molecule has 2 amide bonds. The lowest BCUT2D eigenvalue weighted by atomic mass is 9.54. The number of carbonyl (C=O) groups is 4. The topological polar surface area (TPSA) is 80.8 Å². The number of alkyl halides is 2. The van der Waals surface area contributed by atoms with Crippen molar-refractivity contribution in [1.82, 2.24) is 4.90 Å². The number of hydrogen-bond acceptors (Lipinski definition) is 6. The van der Waals surface area contributed by atoms with E-state index < -0.39 is 52.0 Å². The van der Waals surface area contributed by atoms with Crippen molar-refractivity contribution >= 4 is 58.1 Å². The standard InChI is InChI=1S/C27H19Cl2NO5S/c1-14(25(34)35-13-19(31)20-11-6-12-36-20)30-23(32)21-22(24(30)33)27(29)16-8-3-2-7-15(16)26(21,28)17-9-4-5-10-18(17)27/h2-12,14,21-22H,13H2,1H3/t14-,21+,22+,26?,27?/m1/s1. The molecular formula is C27H19Cl2NO5S. The first-order valence-corrected chi connectivity index (χ1v) is 13.0. The van der Waals surface area contributed by atoms with Gasteiger partial charge in [-0.1, -0.05) is 54.6 Å². The van der Waals surface area contributed by atoms with Crippen molar-refractivity contribution in [2.75, 3.05) is 6.61 Å². The predicted molar refractivity (Wildman–Crippen MR) is 134 cm³/mol. The molecule has 2 aromatic carbocycles. The molecule has 182 valence electrons. The van der Waals surface area contributed by atoms with Gasteiger partial charge in [-0.05, 0) is 40.6 Å². The predicted octanol–water partition coefficient (Wildman–Crippen LogP) is 4.46. The Morgan fingerprint density at radius 2 is 1.36 bits per heavy atom. The Morgan fingerprint density at radius 3 is 1.78 bits per heavy atom. The summed E-state index contributed by atoms with van der Waals surface area (Å²) in [5, 5.41) is 1.75. The highest BCUT2D eigenvalue weighted by Crippen LogP contribution is 2.69. The Labute approximate surface area is 220 Å². The molecule has 6 nitrogen and oxygen atoms in total. The van der Waals surface area contributed by atoms with Gasteiger partial charge >= 0.3 is 5.97 Å². The van der Waals surface area contributed by atoms with Gasteiger partial charge in [0.15, 0.2) is 6.61 Å². The fraction of sp³-hybridized carbons (Fsp3) is 0.259. The fourth-order valence-electron chi connectivity index (χ4n) is 5.94. The van der Waals surface area contributed by atoms with Gasteiger partial charge in [0.05, 0.1) is 16.7 Å². The number of ether oxygens (including phenoxy) is 1. The lowest BCUT2D eigenvalue weighted by Gasteiger charge is -2.54. The first kappa shape index (κ1) is 23.4. The molecule has 2 bridgehead atoms. The molecule has 0 unspecified atom stereocenters. The van der Waals surface area contributed by atoms with Gasteiger partial charge in [-0.25, -0.2) is 4.79 Å². The van der Waals surface area contributed by atoms with E-state index in [2.05, 4.69) is 0 Å². The maximum Gasteiger partial charge on any atom is 0.329 e. The Hall–Kier alpha value is -3.00. The van der Waals surface area contributed by atoms with Crippen LogP contribution in [0.5, 0.6) is 0 Å². The van der Waals surface area contributed by atoms with E-state index in [-0.39, 0.29) is 5.78 Å². The van der Waals surface area contributed by atoms with Crippen molar-refractivity contribution in [3.63, 3.8) is 0 Å². The lowest BCUT2D eigenvalue weighted by Crippen LogP contribution is -2.57. The molecule has 0 radical (unpaired) electrons. The smallest absolute Gasteiger partial charge is 0.329 e. The number of amides is 2. The van der Waals surface area contributed by atoms with Gasteiger partial charge in [-0.2, -0.15) is 0 Å². The highest BCUT2D eigenvalue weighted by atomic mass is 35.5. The summed E-state index contributed by atoms with van der Waals surface area (Å²) in [5.74, 6) is -4.38. The van der Waals surface area contributed by atoms with Crippen molar-refractivity contribution in [3.8, 4) is 0 Å². The van der Waals surface area contributed by atoms with Gasteiger partial charge < -0.3 is 4.74 Å². The molecule has 36 heavy (non-hydrogen) atoms. The number of thiophene rings is 1. The maximum absolute atomic E-state index is 13.9. The van der Waals surface area contributed by atoms with Crippen LogP contribution in [0.2, 0.25) is 0 Å². The molecule has 3 aromatic rings. The monoisotopic (exact) mass is 539 g/mol. The molecule has 9 heteroatoms. The Bertz CT molecular complexity index is 1330. The van der Waals surface area contributed by atoms with Crippen LogP contribution >= 0.6 is 34.5 Å². The largest absolute Gasteiger partial charge is 0.456 e. The highest BCUT2D eigenvalue weighted by Gasteiger charge is 2.73. The molecule has 0 N–H and O–H groups in total. The molecule has 0 spiro atoms. The number of esters is 1. The van der Waals surface area contributed by atoms with Gasteiger partial charge in [0.25, 0.3) is 0 Å². The molecule has 7 rings (SSSR count). The molecule has 1 saturated heterocycles. The molecule has 1 aliphatic heterocycles. The van der Waals surface area contributed by atoms with Crippen LogP contribution in [0.4, 0.5) is 0 Å². The number of ketones is 1. The van der Waals surface area contributed by atoms with Crippen molar-refractivity contribution < 1.29 is 23.9 Å². The number of carbonyl (C=O) groups excluding carboxylic acids is 4. The second-order valence-electron chi connectivity index (χ2n) is 9.20. The van der Waals surface area contributed by atoms with E-state index in [9.17, 15) is 19.2 Å². The summed E-state index contributed by atoms with van der Waals surface area (Å²) in [6, 6.07) is 16.7. The molecule has 4 aliphatic rings. The number of nitrogens with zero attached hydrogens (tertiary/aromatic N) is 1. The zero-order valence-corrected chi connectivity index (χ0v) is 21.3. The van der Waals surface area contributed by atoms with Gasteiger partial charge in [0, 0.05) is 0 Å². The average Bonchev–Trinajstić information content (AvgIpc) is 3.52. The van der Waals surface area contributed by atoms with Gasteiger partial charge in [-0.3, -0.25) is 19.3 Å². The third kappa shape index (κ3) is 2.85. The van der Waals surface area contributed by atoms with E-state index in [1.807, 2.05) is 48.5 Å². The van der Waals surface area contributed by atoms with Gasteiger partial charge in [0.2, 0.25) is 17.6 Å². The highest BCUT2D eigenvalue weighted by molar-refractivity contribution is 7.12. The van der Waals surface area contributed by atoms with Crippen LogP contribution in [-0.2, 0) is 28.9 Å². The van der Waals surface area contributed by atoms with Crippen LogP contribution < -0.4 is 0 Å². The zero-order valence-electron chi connectivity index (χ0n) is 18.9. The lowest BCUT2D eigenvalue weighted by molar-refractivity contribution is -0.157. The van der Waals surface area contributed by atoms with E-state index >= 15 is 0 Å². The van der Waals surface area contributed by atoms with Crippen molar-refractivity contribution in [2.45, 2.75) is 22.7 Å². The van der Waals surface area contributed by atoms with Crippen LogP contribution in [0.3, 0.4) is 0 Å². The number of hydrogen-bond donors (Lipinski definition) is 0. The van der Waals surface area contributed by atoms with Crippen molar-refractivity contribution in [3.05, 3.63) is 93.2 Å². The summed E-state index contributed by atoms with van der Waals surface area (Å²) in [7, 11) is 0. The third-order valence-electron chi connectivity index (χ3n) is 7.49. The van der Waals surface area contributed by atoms with Gasteiger partial charge in [-0.15, -0.1) is 34.5 Å². The van der Waals surface area contributed by atoms with E-state index in [1.165, 1.54) is 18.3 Å². The molecule has 1 fully saturated rings. The van der Waals surface area contributed by atoms with E-state index in [0.717, 1.165) is 4.90 Å². The van der Waals surface area contributed by atoms with Gasteiger partial charge in [0.1, 0.15) is 15.8 Å². The molecule has 3 atom stereocenters. The minimum absolute atomic E-state index is 0.360. The first-order chi connectivity index (χ1) is 17.2. The number of likely N-dealkylation sites (tertiary alicyclic amines) is 1. The molecule has 1 aromatic heterocycles. The van der Waals surface area contributed by atoms with Crippen LogP contribution in [0.15, 0.2) is 66.0 Å². The molecule has 3 aliphatic carbocycles. The average molecular weight is 540 g/mol. The van der Waals surface area contributed by atoms with Crippen molar-refractivity contribution in [1.29, 1.82) is 0 Å². The first-order valence-electron chi connectivity index (χ1n) is 11.4. The summed E-state index contributed by atoms with van der Waals surface area (Å²) < 4.78 is 5.20. The number of imide groups is 1. The Kier molecular flexibility index (Phi) is 5.20. The molecule has 2 heterocycles. The molecular weight excluding hydrogens is 521 g/mol. The summed E-state index contributed by atoms with van der Waals surface area (Å²) in [6.45, 7) is 0.928. The normalized spacial score (nSPS) is 28.4. The molecule has 0 saturated carbocycles. The number of halogens is 2. The second-order valence-corrected chi connectivity index (χ2v) is 11.3. The number of Topliss-reactive ketones (excluding diaryl/α,β-unsaturated/α-hetero) is 1. The quantitative estimate of drug-likeness (QED) is 0.207. The minimum Gasteiger partial charge on any atom is -0.456 e. The summed E-state index contributed by atoms with van der Waals surface area (Å²) in [6.07, 6.45) is 0. The Balaban J connectivity index is 1.37. The SMILES string of the molecule is C[C@H](C(=O)OCC(=O)c1cccs1)N1C(=O)[C@@H]2[C@@H](C1=O)C1(Cl)c3ccccc3C2(Cl)c2ccccc21. The van der Waals surface area contributed by atoms with Crippen LogP contribution in [0, 0.1) is 11.8 Å². The van der Waals surface area contributed by atoms with Crippen LogP contribution in [0.25, 0.3) is 0 Å². The summed E-state index contributed by atoms with van der Waals surface area (Å²) in [4.78, 5) is 51.6. The van der Waals surface area contributed by atoms with Crippen LogP contribution in [-0.4, -0.2) is 41.1 Å². The van der Waals surface area contributed by atoms with Crippen LogP contribution in [0.1, 0.15) is 38.8 Å². The maximum atomic E-state index is 13.9. The minimum atomic E-state index is -1.32. The second kappa shape index (κ2) is 8.00. The number of rotatable bonds is 5. The van der Waals surface area contributed by atoms with Crippen molar-refractivity contribution in [2.24, 2.45) is 11.8 Å². The Morgan fingerprint density at radius 1 is 0.889 bits per heavy atom. The number of benzene rings is 2.